The normalized spacial score (nSPS) is 11.5. The lowest BCUT2D eigenvalue weighted by Crippen LogP contribution is -2.27. The summed E-state index contributed by atoms with van der Waals surface area (Å²) >= 11 is 3.55. The molecule has 0 N–H and O–H groups in total. The van der Waals surface area contributed by atoms with E-state index in [0.717, 1.165) is 22.3 Å². The lowest BCUT2D eigenvalue weighted by Gasteiger charge is -2.20. The van der Waals surface area contributed by atoms with E-state index in [1.165, 1.54) is 0 Å². The number of benzene rings is 2. The van der Waals surface area contributed by atoms with Crippen molar-refractivity contribution in [3.05, 3.63) is 71.7 Å². The third-order valence-corrected chi connectivity index (χ3v) is 5.10. The molecular weight excluding hydrogens is 458 g/mol. The second kappa shape index (κ2) is 8.51. The highest BCUT2D eigenvalue weighted by atomic mass is 79.9. The molecule has 0 aliphatic rings. The number of pyridine rings is 1. The molecular formula is C24H22BrN3O3. The van der Waals surface area contributed by atoms with E-state index in [-0.39, 0.29) is 6.61 Å². The number of hydrogen-bond acceptors (Lipinski definition) is 5. The number of imidazole rings is 1. The Morgan fingerprint density at radius 3 is 2.58 bits per heavy atom. The molecule has 4 aromatic rings. The number of nitrogens with zero attached hydrogens (tertiary/aromatic N) is 3. The Hall–Kier alpha value is -3.19. The zero-order valence-corrected chi connectivity index (χ0v) is 19.1. The quantitative estimate of drug-likeness (QED) is 0.350. The number of fused-ring (bicyclic) bond motifs is 1. The maximum Gasteiger partial charge on any atom is 0.344 e. The summed E-state index contributed by atoms with van der Waals surface area (Å²) in [6, 6.07) is 15.8. The van der Waals surface area contributed by atoms with Crippen LogP contribution in [0.15, 0.2) is 71.7 Å². The Kier molecular flexibility index (Phi) is 5.78. The highest BCUT2D eigenvalue weighted by molar-refractivity contribution is 9.10. The van der Waals surface area contributed by atoms with Gasteiger partial charge >= 0.3 is 5.97 Å². The van der Waals surface area contributed by atoms with Crippen molar-refractivity contribution in [2.45, 2.75) is 26.4 Å². The molecule has 31 heavy (non-hydrogen) atoms. The van der Waals surface area contributed by atoms with Crippen LogP contribution in [0.1, 0.15) is 20.8 Å². The third kappa shape index (κ3) is 4.77. The Balaban J connectivity index is 1.84. The van der Waals surface area contributed by atoms with Crippen molar-refractivity contribution in [3.8, 4) is 22.7 Å². The highest BCUT2D eigenvalue weighted by Crippen LogP contribution is 2.37. The molecule has 2 heterocycles. The fraction of sp³-hybridized carbons (Fsp3) is 0.208. The average molecular weight is 480 g/mol. The number of aromatic nitrogens is 3. The van der Waals surface area contributed by atoms with Crippen molar-refractivity contribution in [1.82, 2.24) is 14.5 Å². The molecule has 0 radical (unpaired) electrons. The molecule has 0 saturated heterocycles. The van der Waals surface area contributed by atoms with Crippen LogP contribution in [-0.2, 0) is 9.53 Å². The van der Waals surface area contributed by atoms with Crippen LogP contribution in [0, 0.1) is 0 Å². The van der Waals surface area contributed by atoms with E-state index in [1.807, 2.05) is 80.1 Å². The Morgan fingerprint density at radius 1 is 1.13 bits per heavy atom. The predicted molar refractivity (Wildman–Crippen MR) is 123 cm³/mol. The summed E-state index contributed by atoms with van der Waals surface area (Å²) in [5, 5.41) is 0.875. The number of ether oxygens (including phenoxy) is 2. The van der Waals surface area contributed by atoms with Crippen LogP contribution in [0.2, 0.25) is 0 Å². The van der Waals surface area contributed by atoms with Gasteiger partial charge in [0.25, 0.3) is 0 Å². The molecule has 4 rings (SSSR count). The van der Waals surface area contributed by atoms with Crippen molar-refractivity contribution in [3.63, 3.8) is 0 Å². The summed E-state index contributed by atoms with van der Waals surface area (Å²) in [5.74, 6) is 0.0490. The number of esters is 1. The van der Waals surface area contributed by atoms with Crippen molar-refractivity contribution >= 4 is 32.8 Å². The van der Waals surface area contributed by atoms with Gasteiger partial charge in [0.2, 0.25) is 0 Å². The first kappa shape index (κ1) is 21.1. The molecule has 2 aromatic carbocycles. The van der Waals surface area contributed by atoms with Gasteiger partial charge in [0.1, 0.15) is 11.1 Å². The topological polar surface area (TPSA) is 66.2 Å². The van der Waals surface area contributed by atoms with Crippen LogP contribution < -0.4 is 4.74 Å². The van der Waals surface area contributed by atoms with Crippen molar-refractivity contribution in [1.29, 1.82) is 0 Å². The van der Waals surface area contributed by atoms with E-state index < -0.39 is 11.6 Å². The van der Waals surface area contributed by atoms with Gasteiger partial charge in [-0.3, -0.25) is 0 Å². The fourth-order valence-corrected chi connectivity index (χ4v) is 3.67. The first-order chi connectivity index (χ1) is 14.8. The minimum Gasteiger partial charge on any atom is -0.478 e. The summed E-state index contributed by atoms with van der Waals surface area (Å²) in [7, 11) is 0. The zero-order chi connectivity index (χ0) is 22.0. The van der Waals surface area contributed by atoms with E-state index in [9.17, 15) is 4.79 Å². The first-order valence-electron chi connectivity index (χ1n) is 9.83. The van der Waals surface area contributed by atoms with Gasteiger partial charge in [0, 0.05) is 23.3 Å². The van der Waals surface area contributed by atoms with Crippen molar-refractivity contribution in [2.75, 3.05) is 6.61 Å². The SMILES string of the molecule is CC(C)(C)OC(=O)COc1c(Br)ccc2c(-n3ccnc3)cc(-c3ccccc3)nc12. The number of hydrogen-bond donors (Lipinski definition) is 0. The molecule has 0 bridgehead atoms. The summed E-state index contributed by atoms with van der Waals surface area (Å²) in [6.45, 7) is 5.25. The minimum atomic E-state index is -0.580. The average Bonchev–Trinajstić information content (AvgIpc) is 3.26. The van der Waals surface area contributed by atoms with Crippen LogP contribution in [0.3, 0.4) is 0 Å². The molecule has 0 aliphatic carbocycles. The maximum atomic E-state index is 12.2. The minimum absolute atomic E-state index is 0.216. The number of rotatable bonds is 5. The van der Waals surface area contributed by atoms with Crippen LogP contribution in [0.5, 0.6) is 5.75 Å². The van der Waals surface area contributed by atoms with E-state index in [4.69, 9.17) is 14.5 Å². The summed E-state index contributed by atoms with van der Waals surface area (Å²) in [4.78, 5) is 21.3. The second-order valence-electron chi connectivity index (χ2n) is 8.01. The predicted octanol–water partition coefficient (Wildman–Crippen LogP) is 5.57. The molecule has 0 aliphatic heterocycles. The van der Waals surface area contributed by atoms with Gasteiger partial charge in [0.05, 0.1) is 22.2 Å². The smallest absolute Gasteiger partial charge is 0.344 e. The second-order valence-corrected chi connectivity index (χ2v) is 8.86. The van der Waals surface area contributed by atoms with Gasteiger partial charge in [0.15, 0.2) is 12.4 Å². The third-order valence-electron chi connectivity index (χ3n) is 4.47. The monoisotopic (exact) mass is 479 g/mol. The Bertz CT molecular complexity index is 1220. The summed E-state index contributed by atoms with van der Waals surface area (Å²) < 4.78 is 13.9. The van der Waals surface area contributed by atoms with Crippen molar-refractivity contribution in [2.24, 2.45) is 0 Å². The number of halogens is 1. The van der Waals surface area contributed by atoms with E-state index in [0.29, 0.717) is 15.7 Å². The highest BCUT2D eigenvalue weighted by Gasteiger charge is 2.19. The van der Waals surface area contributed by atoms with E-state index >= 15 is 0 Å². The molecule has 6 nitrogen and oxygen atoms in total. The standard InChI is InChI=1S/C24H22BrN3O3/c1-24(2,3)31-21(29)14-30-23-18(25)10-9-17-20(28-12-11-26-15-28)13-19(27-22(17)23)16-7-5-4-6-8-16/h4-13,15H,14H2,1-3H3. The largest absolute Gasteiger partial charge is 0.478 e. The van der Waals surface area contributed by atoms with Crippen LogP contribution in [0.4, 0.5) is 0 Å². The summed E-state index contributed by atoms with van der Waals surface area (Å²) in [6.07, 6.45) is 5.35. The van der Waals surface area contributed by atoms with E-state index in [2.05, 4.69) is 20.9 Å². The van der Waals surface area contributed by atoms with Gasteiger partial charge in [-0.05, 0) is 54.9 Å². The molecule has 0 amide bonds. The van der Waals surface area contributed by atoms with E-state index in [1.54, 1.807) is 12.5 Å². The number of carbonyl (C=O) groups is 1. The molecule has 2 aromatic heterocycles. The van der Waals surface area contributed by atoms with Gasteiger partial charge in [-0.2, -0.15) is 0 Å². The molecule has 0 atom stereocenters. The molecule has 0 spiro atoms. The molecule has 7 heteroatoms. The molecule has 0 saturated carbocycles. The fourth-order valence-electron chi connectivity index (χ4n) is 3.24. The first-order valence-corrected chi connectivity index (χ1v) is 10.6. The van der Waals surface area contributed by atoms with Gasteiger partial charge in [-0.25, -0.2) is 14.8 Å². The lowest BCUT2D eigenvalue weighted by atomic mass is 10.1. The molecule has 0 unspecified atom stereocenters. The van der Waals surface area contributed by atoms with Crippen LogP contribution in [0.25, 0.3) is 27.8 Å². The van der Waals surface area contributed by atoms with Crippen molar-refractivity contribution < 1.29 is 14.3 Å². The Labute approximate surface area is 189 Å². The van der Waals surface area contributed by atoms with Gasteiger partial charge < -0.3 is 14.0 Å². The van der Waals surface area contributed by atoms with Gasteiger partial charge in [-0.15, -0.1) is 0 Å². The van der Waals surface area contributed by atoms with Gasteiger partial charge in [-0.1, -0.05) is 30.3 Å². The Morgan fingerprint density at radius 2 is 1.90 bits per heavy atom. The van der Waals surface area contributed by atoms with Crippen LogP contribution >= 0.6 is 15.9 Å². The molecule has 0 fully saturated rings. The van der Waals surface area contributed by atoms with Crippen LogP contribution in [-0.4, -0.2) is 32.7 Å². The number of carbonyl (C=O) groups excluding carboxylic acids is 1. The molecule has 158 valence electrons. The zero-order valence-electron chi connectivity index (χ0n) is 17.5. The maximum absolute atomic E-state index is 12.2. The lowest BCUT2D eigenvalue weighted by molar-refractivity contribution is -0.157. The summed E-state index contributed by atoms with van der Waals surface area (Å²) in [5.41, 5.74) is 2.74.